The second-order valence-electron chi connectivity index (χ2n) is 5.17. The predicted octanol–water partition coefficient (Wildman–Crippen LogP) is 5.15. The van der Waals surface area contributed by atoms with E-state index in [1.807, 2.05) is 0 Å². The molecule has 1 aromatic heterocycles. The Morgan fingerprint density at radius 2 is 1.84 bits per heavy atom. The summed E-state index contributed by atoms with van der Waals surface area (Å²) >= 11 is 0. The monoisotopic (exact) mass is 259 g/mol. The van der Waals surface area contributed by atoms with E-state index in [1.54, 1.807) is 0 Å². The van der Waals surface area contributed by atoms with Crippen LogP contribution in [0.25, 0.3) is 10.9 Å². The molecule has 2 heteroatoms. The van der Waals surface area contributed by atoms with E-state index in [2.05, 4.69) is 54.9 Å². The third kappa shape index (κ3) is 3.84. The number of hydrogen-bond acceptors (Lipinski definition) is 1. The molecule has 2 aromatic rings. The van der Waals surface area contributed by atoms with E-state index in [0.717, 1.165) is 6.61 Å². The molecular formula is C17H25NO. The zero-order chi connectivity index (χ0) is 13.5. The minimum Gasteiger partial charge on any atom is -0.358 e. The third-order valence-corrected chi connectivity index (χ3v) is 3.63. The van der Waals surface area contributed by atoms with E-state index in [0.29, 0.717) is 0 Å². The molecule has 0 aliphatic rings. The average molecular weight is 259 g/mol. The summed E-state index contributed by atoms with van der Waals surface area (Å²) in [6.07, 6.45) is 8.67. The number of fused-ring (bicyclic) bond motifs is 1. The molecular weight excluding hydrogens is 234 g/mol. The van der Waals surface area contributed by atoms with Crippen LogP contribution >= 0.6 is 0 Å². The van der Waals surface area contributed by atoms with Crippen LogP contribution in [0.3, 0.4) is 0 Å². The topological polar surface area (TPSA) is 14.2 Å². The van der Waals surface area contributed by atoms with Crippen molar-refractivity contribution in [2.45, 2.75) is 52.2 Å². The minimum atomic E-state index is 0.117. The first kappa shape index (κ1) is 14.1. The maximum atomic E-state index is 5.94. The quantitative estimate of drug-likeness (QED) is 0.598. The largest absolute Gasteiger partial charge is 0.358 e. The first-order valence-electron chi connectivity index (χ1n) is 7.50. The van der Waals surface area contributed by atoms with Gasteiger partial charge >= 0.3 is 0 Å². The van der Waals surface area contributed by atoms with Crippen LogP contribution in [0.2, 0.25) is 0 Å². The Morgan fingerprint density at radius 1 is 1.05 bits per heavy atom. The number of ether oxygens (including phenoxy) is 1. The van der Waals surface area contributed by atoms with Gasteiger partial charge in [-0.3, -0.25) is 0 Å². The molecule has 0 aliphatic heterocycles. The van der Waals surface area contributed by atoms with Gasteiger partial charge in [0.25, 0.3) is 0 Å². The molecule has 19 heavy (non-hydrogen) atoms. The Kier molecular flexibility index (Phi) is 5.46. The molecule has 0 N–H and O–H groups in total. The summed E-state index contributed by atoms with van der Waals surface area (Å²) in [7, 11) is 0. The number of unbranched alkanes of at least 4 members (excludes halogenated alkanes) is 4. The normalized spacial score (nSPS) is 12.9. The summed E-state index contributed by atoms with van der Waals surface area (Å²) in [6.45, 7) is 5.23. The second kappa shape index (κ2) is 7.34. The number of rotatable bonds is 8. The minimum absolute atomic E-state index is 0.117. The highest BCUT2D eigenvalue weighted by atomic mass is 16.5. The summed E-state index contributed by atoms with van der Waals surface area (Å²) in [4.78, 5) is 0. The molecule has 104 valence electrons. The van der Waals surface area contributed by atoms with Crippen LogP contribution in [0.5, 0.6) is 0 Å². The molecule has 0 spiro atoms. The molecule has 0 saturated heterocycles. The molecule has 1 heterocycles. The van der Waals surface area contributed by atoms with Gasteiger partial charge in [0, 0.05) is 12.8 Å². The molecule has 1 unspecified atom stereocenters. The lowest BCUT2D eigenvalue weighted by Crippen LogP contribution is -2.09. The number of hydrogen-bond donors (Lipinski definition) is 0. The van der Waals surface area contributed by atoms with Gasteiger partial charge in [0.05, 0.1) is 5.52 Å². The highest BCUT2D eigenvalue weighted by Gasteiger charge is 2.07. The lowest BCUT2D eigenvalue weighted by Gasteiger charge is -2.16. The molecule has 2 nitrogen and oxygen atoms in total. The number of nitrogens with zero attached hydrogens (tertiary/aromatic N) is 1. The molecule has 2 rings (SSSR count). The van der Waals surface area contributed by atoms with Crippen LogP contribution in [0.15, 0.2) is 36.5 Å². The second-order valence-corrected chi connectivity index (χ2v) is 5.17. The first-order chi connectivity index (χ1) is 9.33. The van der Waals surface area contributed by atoms with Gasteiger partial charge in [0.2, 0.25) is 0 Å². The SMILES string of the molecule is CCCCCCCOC(C)n1ccc2ccccc21. The van der Waals surface area contributed by atoms with Gasteiger partial charge in [-0.1, -0.05) is 50.8 Å². The van der Waals surface area contributed by atoms with Crippen LogP contribution in [-0.4, -0.2) is 11.2 Å². The summed E-state index contributed by atoms with van der Waals surface area (Å²) in [5.41, 5.74) is 1.25. The molecule has 1 aromatic carbocycles. The number of aromatic nitrogens is 1. The summed E-state index contributed by atoms with van der Waals surface area (Å²) < 4.78 is 8.15. The highest BCUT2D eigenvalue weighted by Crippen LogP contribution is 2.20. The fourth-order valence-electron chi connectivity index (χ4n) is 2.46. The Bertz CT molecular complexity index is 489. The van der Waals surface area contributed by atoms with E-state index in [1.165, 1.54) is 43.0 Å². The summed E-state index contributed by atoms with van der Waals surface area (Å²) in [5.74, 6) is 0. The van der Waals surface area contributed by atoms with Crippen LogP contribution in [0.1, 0.15) is 52.2 Å². The molecule has 0 radical (unpaired) electrons. The summed E-state index contributed by atoms with van der Waals surface area (Å²) in [5, 5.41) is 1.28. The van der Waals surface area contributed by atoms with E-state index in [-0.39, 0.29) is 6.23 Å². The predicted molar refractivity (Wildman–Crippen MR) is 81.4 cm³/mol. The van der Waals surface area contributed by atoms with Crippen molar-refractivity contribution in [3.05, 3.63) is 36.5 Å². The van der Waals surface area contributed by atoms with Gasteiger partial charge in [-0.2, -0.15) is 0 Å². The highest BCUT2D eigenvalue weighted by molar-refractivity contribution is 5.79. The zero-order valence-corrected chi connectivity index (χ0v) is 12.1. The van der Waals surface area contributed by atoms with E-state index in [4.69, 9.17) is 4.74 Å². The van der Waals surface area contributed by atoms with Crippen molar-refractivity contribution in [1.82, 2.24) is 4.57 Å². The Balaban J connectivity index is 1.81. The number of para-hydroxylation sites is 1. The van der Waals surface area contributed by atoms with Gasteiger partial charge in [0.1, 0.15) is 6.23 Å². The molecule has 0 aliphatic carbocycles. The van der Waals surface area contributed by atoms with Crippen LogP contribution < -0.4 is 0 Å². The van der Waals surface area contributed by atoms with Crippen LogP contribution in [0, 0.1) is 0 Å². The van der Waals surface area contributed by atoms with Gasteiger partial charge in [-0.25, -0.2) is 0 Å². The standard InChI is InChI=1S/C17H25NO/c1-3-4-5-6-9-14-19-15(2)18-13-12-16-10-7-8-11-17(16)18/h7-8,10-13,15H,3-6,9,14H2,1-2H3. The van der Waals surface area contributed by atoms with Crippen molar-refractivity contribution in [3.8, 4) is 0 Å². The third-order valence-electron chi connectivity index (χ3n) is 3.63. The maximum absolute atomic E-state index is 5.94. The average Bonchev–Trinajstić information content (AvgIpc) is 2.86. The van der Waals surface area contributed by atoms with Crippen molar-refractivity contribution in [2.24, 2.45) is 0 Å². The van der Waals surface area contributed by atoms with Crippen molar-refractivity contribution in [1.29, 1.82) is 0 Å². The van der Waals surface area contributed by atoms with Crippen molar-refractivity contribution >= 4 is 10.9 Å². The van der Waals surface area contributed by atoms with Crippen molar-refractivity contribution in [2.75, 3.05) is 6.61 Å². The zero-order valence-electron chi connectivity index (χ0n) is 12.1. The summed E-state index contributed by atoms with van der Waals surface area (Å²) in [6, 6.07) is 10.6. The number of benzene rings is 1. The van der Waals surface area contributed by atoms with Crippen molar-refractivity contribution < 1.29 is 4.74 Å². The van der Waals surface area contributed by atoms with E-state index < -0.39 is 0 Å². The molecule has 0 bridgehead atoms. The van der Waals surface area contributed by atoms with E-state index in [9.17, 15) is 0 Å². The van der Waals surface area contributed by atoms with E-state index >= 15 is 0 Å². The van der Waals surface area contributed by atoms with Gasteiger partial charge in [0.15, 0.2) is 0 Å². The smallest absolute Gasteiger partial charge is 0.131 e. The molecule has 0 saturated carbocycles. The van der Waals surface area contributed by atoms with Gasteiger partial charge < -0.3 is 9.30 Å². The first-order valence-corrected chi connectivity index (χ1v) is 7.50. The molecule has 0 amide bonds. The lowest BCUT2D eigenvalue weighted by molar-refractivity contribution is 0.0171. The van der Waals surface area contributed by atoms with Crippen LogP contribution in [-0.2, 0) is 4.74 Å². The fourth-order valence-corrected chi connectivity index (χ4v) is 2.46. The lowest BCUT2D eigenvalue weighted by atomic mass is 10.2. The molecule has 1 atom stereocenters. The maximum Gasteiger partial charge on any atom is 0.131 e. The Labute approximate surface area is 116 Å². The fraction of sp³-hybridized carbons (Fsp3) is 0.529. The Morgan fingerprint density at radius 3 is 2.68 bits per heavy atom. The van der Waals surface area contributed by atoms with Gasteiger partial charge in [-0.05, 0) is 30.9 Å². The van der Waals surface area contributed by atoms with Crippen molar-refractivity contribution in [3.63, 3.8) is 0 Å². The van der Waals surface area contributed by atoms with Crippen LogP contribution in [0.4, 0.5) is 0 Å². The Hall–Kier alpha value is -1.28. The molecule has 0 fully saturated rings. The van der Waals surface area contributed by atoms with Gasteiger partial charge in [-0.15, -0.1) is 0 Å².